The fourth-order valence-electron chi connectivity index (χ4n) is 2.24. The SMILES string of the molecule is Nc1ccc2ccn(Cc3cc(F)cc(F)c3)c2c1. The van der Waals surface area contributed by atoms with Gasteiger partial charge in [-0.15, -0.1) is 0 Å². The van der Waals surface area contributed by atoms with Crippen molar-refractivity contribution >= 4 is 16.6 Å². The second kappa shape index (κ2) is 4.39. The lowest BCUT2D eigenvalue weighted by atomic mass is 10.2. The average Bonchev–Trinajstić information content (AvgIpc) is 2.70. The molecule has 0 fully saturated rings. The Morgan fingerprint density at radius 3 is 2.42 bits per heavy atom. The minimum absolute atomic E-state index is 0.404. The number of hydrogen-bond donors (Lipinski definition) is 1. The maximum atomic E-state index is 13.2. The molecule has 1 aromatic heterocycles. The van der Waals surface area contributed by atoms with Crippen LogP contribution in [0.25, 0.3) is 10.9 Å². The lowest BCUT2D eigenvalue weighted by Crippen LogP contribution is -1.99. The lowest BCUT2D eigenvalue weighted by Gasteiger charge is -2.07. The van der Waals surface area contributed by atoms with E-state index in [9.17, 15) is 8.78 Å². The van der Waals surface area contributed by atoms with Gasteiger partial charge in [-0.25, -0.2) is 8.78 Å². The molecule has 1 heterocycles. The summed E-state index contributed by atoms with van der Waals surface area (Å²) in [5.41, 5.74) is 7.95. The van der Waals surface area contributed by atoms with E-state index in [-0.39, 0.29) is 0 Å². The van der Waals surface area contributed by atoms with Crippen molar-refractivity contribution in [2.24, 2.45) is 0 Å². The number of anilines is 1. The van der Waals surface area contributed by atoms with Crippen LogP contribution in [0.5, 0.6) is 0 Å². The summed E-state index contributed by atoms with van der Waals surface area (Å²) in [6.45, 7) is 0.404. The van der Waals surface area contributed by atoms with Gasteiger partial charge in [0.15, 0.2) is 0 Å². The molecule has 0 saturated heterocycles. The van der Waals surface area contributed by atoms with Crippen LogP contribution in [0.1, 0.15) is 5.56 Å². The Morgan fingerprint density at radius 2 is 1.68 bits per heavy atom. The van der Waals surface area contributed by atoms with E-state index in [0.717, 1.165) is 17.0 Å². The Balaban J connectivity index is 2.03. The van der Waals surface area contributed by atoms with Crippen LogP contribution in [0.4, 0.5) is 14.5 Å². The standard InChI is InChI=1S/C15H12F2N2/c16-12-5-10(6-13(17)7-12)9-19-4-3-11-1-2-14(18)8-15(11)19/h1-8H,9,18H2. The predicted molar refractivity (Wildman–Crippen MR) is 71.8 cm³/mol. The first-order valence-electron chi connectivity index (χ1n) is 5.91. The van der Waals surface area contributed by atoms with Crippen LogP contribution in [-0.4, -0.2) is 4.57 Å². The van der Waals surface area contributed by atoms with Gasteiger partial charge in [-0.2, -0.15) is 0 Å². The molecule has 2 nitrogen and oxygen atoms in total. The van der Waals surface area contributed by atoms with Gasteiger partial charge < -0.3 is 10.3 Å². The quantitative estimate of drug-likeness (QED) is 0.700. The molecule has 0 aliphatic carbocycles. The molecule has 2 aromatic carbocycles. The van der Waals surface area contributed by atoms with Crippen molar-refractivity contribution in [2.75, 3.05) is 5.73 Å². The molecule has 2 N–H and O–H groups in total. The summed E-state index contributed by atoms with van der Waals surface area (Å²) in [7, 11) is 0. The van der Waals surface area contributed by atoms with E-state index >= 15 is 0 Å². The van der Waals surface area contributed by atoms with Crippen LogP contribution >= 0.6 is 0 Å². The monoisotopic (exact) mass is 258 g/mol. The third-order valence-corrected chi connectivity index (χ3v) is 3.07. The van der Waals surface area contributed by atoms with E-state index in [2.05, 4.69) is 0 Å². The van der Waals surface area contributed by atoms with E-state index in [0.29, 0.717) is 17.8 Å². The highest BCUT2D eigenvalue weighted by atomic mass is 19.1. The zero-order valence-corrected chi connectivity index (χ0v) is 10.1. The van der Waals surface area contributed by atoms with Crippen molar-refractivity contribution in [1.29, 1.82) is 0 Å². The highest BCUT2D eigenvalue weighted by Crippen LogP contribution is 2.20. The number of nitrogens with two attached hydrogens (primary N) is 1. The number of rotatable bonds is 2. The van der Waals surface area contributed by atoms with Gasteiger partial charge in [0, 0.05) is 24.5 Å². The molecule has 0 saturated carbocycles. The second-order valence-electron chi connectivity index (χ2n) is 4.54. The topological polar surface area (TPSA) is 30.9 Å². The molecule has 0 aliphatic rings. The minimum atomic E-state index is -0.564. The van der Waals surface area contributed by atoms with Crippen molar-refractivity contribution in [3.63, 3.8) is 0 Å². The van der Waals surface area contributed by atoms with Crippen LogP contribution in [0.2, 0.25) is 0 Å². The van der Waals surface area contributed by atoms with Crippen LogP contribution in [-0.2, 0) is 6.54 Å². The van der Waals surface area contributed by atoms with Gasteiger partial charge in [-0.3, -0.25) is 0 Å². The van der Waals surface area contributed by atoms with Gasteiger partial charge in [0.25, 0.3) is 0 Å². The zero-order valence-electron chi connectivity index (χ0n) is 10.1. The number of fused-ring (bicyclic) bond motifs is 1. The summed E-state index contributed by atoms with van der Waals surface area (Å²) in [6, 6.07) is 11.1. The molecule has 3 aromatic rings. The summed E-state index contributed by atoms with van der Waals surface area (Å²) < 4.78 is 28.2. The smallest absolute Gasteiger partial charge is 0.126 e. The summed E-state index contributed by atoms with van der Waals surface area (Å²) in [6.07, 6.45) is 1.88. The highest BCUT2D eigenvalue weighted by Gasteiger charge is 2.05. The molecule has 0 amide bonds. The number of nitrogens with zero attached hydrogens (tertiary/aromatic N) is 1. The molecule has 0 bridgehead atoms. The molecular weight excluding hydrogens is 246 g/mol. The third kappa shape index (κ3) is 2.29. The van der Waals surface area contributed by atoms with Crippen LogP contribution in [0.3, 0.4) is 0 Å². The first-order valence-corrected chi connectivity index (χ1v) is 5.91. The molecule has 4 heteroatoms. The number of halogens is 2. The predicted octanol–water partition coefficient (Wildman–Crippen LogP) is 3.55. The van der Waals surface area contributed by atoms with E-state index in [1.807, 2.05) is 35.0 Å². The summed E-state index contributed by atoms with van der Waals surface area (Å²) in [4.78, 5) is 0. The summed E-state index contributed by atoms with van der Waals surface area (Å²) >= 11 is 0. The third-order valence-electron chi connectivity index (χ3n) is 3.07. The molecule has 3 rings (SSSR count). The Morgan fingerprint density at radius 1 is 0.947 bits per heavy atom. The largest absolute Gasteiger partial charge is 0.399 e. The van der Waals surface area contributed by atoms with Crippen LogP contribution in [0.15, 0.2) is 48.7 Å². The van der Waals surface area contributed by atoms with Gasteiger partial charge in [-0.05, 0) is 41.3 Å². The van der Waals surface area contributed by atoms with Gasteiger partial charge >= 0.3 is 0 Å². The van der Waals surface area contributed by atoms with Crippen molar-refractivity contribution in [1.82, 2.24) is 4.57 Å². The van der Waals surface area contributed by atoms with E-state index in [1.165, 1.54) is 12.1 Å². The Kier molecular flexibility index (Phi) is 2.71. The van der Waals surface area contributed by atoms with Crippen molar-refractivity contribution in [2.45, 2.75) is 6.54 Å². The Bertz CT molecular complexity index is 727. The van der Waals surface area contributed by atoms with Gasteiger partial charge in [0.2, 0.25) is 0 Å². The molecule has 96 valence electrons. The van der Waals surface area contributed by atoms with Crippen molar-refractivity contribution < 1.29 is 8.78 Å². The van der Waals surface area contributed by atoms with Gasteiger partial charge in [0.05, 0.1) is 5.52 Å². The van der Waals surface area contributed by atoms with Crippen molar-refractivity contribution in [3.05, 3.63) is 65.9 Å². The Labute approximate surface area is 109 Å². The maximum Gasteiger partial charge on any atom is 0.126 e. The zero-order chi connectivity index (χ0) is 13.4. The molecular formula is C15H12F2N2. The molecule has 19 heavy (non-hydrogen) atoms. The summed E-state index contributed by atoms with van der Waals surface area (Å²) in [5.74, 6) is -1.13. The normalized spacial score (nSPS) is 11.1. The number of aromatic nitrogens is 1. The first kappa shape index (κ1) is 11.7. The lowest BCUT2D eigenvalue weighted by molar-refractivity contribution is 0.578. The minimum Gasteiger partial charge on any atom is -0.399 e. The number of hydrogen-bond acceptors (Lipinski definition) is 1. The molecule has 0 unspecified atom stereocenters. The van der Waals surface area contributed by atoms with Crippen LogP contribution in [0, 0.1) is 11.6 Å². The highest BCUT2D eigenvalue weighted by molar-refractivity contribution is 5.83. The fourth-order valence-corrected chi connectivity index (χ4v) is 2.24. The molecule has 0 aliphatic heterocycles. The summed E-state index contributed by atoms with van der Waals surface area (Å²) in [5, 5.41) is 1.05. The average molecular weight is 258 g/mol. The number of nitrogen functional groups attached to an aromatic ring is 1. The van der Waals surface area contributed by atoms with Gasteiger partial charge in [0.1, 0.15) is 11.6 Å². The molecule has 0 spiro atoms. The van der Waals surface area contributed by atoms with E-state index in [4.69, 9.17) is 5.73 Å². The van der Waals surface area contributed by atoms with Gasteiger partial charge in [-0.1, -0.05) is 6.07 Å². The van der Waals surface area contributed by atoms with E-state index < -0.39 is 11.6 Å². The molecule has 0 atom stereocenters. The maximum absolute atomic E-state index is 13.2. The Hall–Kier alpha value is -2.36. The van der Waals surface area contributed by atoms with E-state index in [1.54, 1.807) is 0 Å². The van der Waals surface area contributed by atoms with Crippen molar-refractivity contribution in [3.8, 4) is 0 Å². The first-order chi connectivity index (χ1) is 9.11. The number of benzene rings is 2. The fraction of sp³-hybridized carbons (Fsp3) is 0.0667. The van der Waals surface area contributed by atoms with Crippen LogP contribution < -0.4 is 5.73 Å². The molecule has 0 radical (unpaired) electrons. The second-order valence-corrected chi connectivity index (χ2v) is 4.54.